The Bertz CT molecular complexity index is 820. The fourth-order valence-electron chi connectivity index (χ4n) is 3.35. The van der Waals surface area contributed by atoms with Crippen LogP contribution < -0.4 is 5.32 Å². The van der Waals surface area contributed by atoms with Gasteiger partial charge in [0.25, 0.3) is 0 Å². The van der Waals surface area contributed by atoms with E-state index in [-0.39, 0.29) is 30.2 Å². The second-order valence-electron chi connectivity index (χ2n) is 7.45. The number of hydrogen-bond donors (Lipinski definition) is 2. The number of rotatable bonds is 5. The summed E-state index contributed by atoms with van der Waals surface area (Å²) in [6, 6.07) is 15.5. The molecular weight excluding hydrogens is 344 g/mol. The van der Waals surface area contributed by atoms with Crippen LogP contribution in [0.4, 0.5) is 4.79 Å². The molecule has 1 aliphatic rings. The quantitative estimate of drug-likeness (QED) is 0.850. The summed E-state index contributed by atoms with van der Waals surface area (Å²) in [7, 11) is 0. The third-order valence-corrected chi connectivity index (χ3v) is 4.70. The number of nitrogens with one attached hydrogen (secondary N) is 1. The molecule has 0 aromatic heterocycles. The van der Waals surface area contributed by atoms with Crippen LogP contribution in [-0.4, -0.2) is 34.6 Å². The summed E-state index contributed by atoms with van der Waals surface area (Å²) < 4.78 is 5.36. The summed E-state index contributed by atoms with van der Waals surface area (Å²) in [6.45, 7) is 4.82. The zero-order chi connectivity index (χ0) is 19.4. The number of aromatic hydroxyl groups is 1. The first-order valence-electron chi connectivity index (χ1n) is 8.90. The maximum Gasteiger partial charge on any atom is 0.410 e. The number of amides is 2. The minimum atomic E-state index is -0.585. The highest BCUT2D eigenvalue weighted by atomic mass is 16.6. The lowest BCUT2D eigenvalue weighted by Gasteiger charge is -2.51. The molecule has 1 atom stereocenters. The SMILES string of the molecule is CC1(C)CN(C(=O)OCc2ccccc2)C1C(=O)NCc1cccc(O)c1. The van der Waals surface area contributed by atoms with E-state index in [2.05, 4.69) is 5.32 Å². The van der Waals surface area contributed by atoms with Crippen molar-refractivity contribution in [1.29, 1.82) is 0 Å². The zero-order valence-electron chi connectivity index (χ0n) is 15.5. The van der Waals surface area contributed by atoms with Gasteiger partial charge in [-0.15, -0.1) is 0 Å². The molecule has 1 unspecified atom stereocenters. The van der Waals surface area contributed by atoms with Gasteiger partial charge >= 0.3 is 6.09 Å². The highest BCUT2D eigenvalue weighted by Crippen LogP contribution is 2.37. The van der Waals surface area contributed by atoms with Gasteiger partial charge in [-0.3, -0.25) is 9.69 Å². The maximum atomic E-state index is 12.7. The number of likely N-dealkylation sites (tertiary alicyclic amines) is 1. The number of hydrogen-bond acceptors (Lipinski definition) is 4. The summed E-state index contributed by atoms with van der Waals surface area (Å²) in [5.41, 5.74) is 1.36. The highest BCUT2D eigenvalue weighted by Gasteiger charge is 2.52. The molecule has 0 bridgehead atoms. The predicted molar refractivity (Wildman–Crippen MR) is 101 cm³/mol. The lowest BCUT2D eigenvalue weighted by Crippen LogP contribution is -2.69. The normalized spacial score (nSPS) is 17.7. The van der Waals surface area contributed by atoms with Gasteiger partial charge in [0.2, 0.25) is 5.91 Å². The molecule has 0 saturated carbocycles. The van der Waals surface area contributed by atoms with Crippen molar-refractivity contribution in [2.75, 3.05) is 6.54 Å². The van der Waals surface area contributed by atoms with E-state index in [0.717, 1.165) is 11.1 Å². The van der Waals surface area contributed by atoms with Gasteiger partial charge in [0.15, 0.2) is 0 Å². The van der Waals surface area contributed by atoms with Crippen LogP contribution in [0.25, 0.3) is 0 Å². The first-order valence-corrected chi connectivity index (χ1v) is 8.90. The number of benzene rings is 2. The van der Waals surface area contributed by atoms with Crippen LogP contribution in [0.2, 0.25) is 0 Å². The Labute approximate surface area is 158 Å². The molecular formula is C21H24N2O4. The molecule has 6 nitrogen and oxygen atoms in total. The summed E-state index contributed by atoms with van der Waals surface area (Å²) in [5, 5.41) is 12.4. The van der Waals surface area contributed by atoms with Crippen LogP contribution in [-0.2, 0) is 22.7 Å². The summed E-state index contributed by atoms with van der Waals surface area (Å²) in [6.07, 6.45) is -0.490. The van der Waals surface area contributed by atoms with Gasteiger partial charge in [-0.25, -0.2) is 4.79 Å². The smallest absolute Gasteiger partial charge is 0.410 e. The molecule has 0 aliphatic carbocycles. The van der Waals surface area contributed by atoms with Crippen molar-refractivity contribution in [2.45, 2.75) is 33.0 Å². The number of carbonyl (C=O) groups excluding carboxylic acids is 2. The first-order chi connectivity index (χ1) is 12.9. The van der Waals surface area contributed by atoms with Crippen molar-refractivity contribution in [2.24, 2.45) is 5.41 Å². The van der Waals surface area contributed by atoms with Gasteiger partial charge < -0.3 is 15.2 Å². The lowest BCUT2D eigenvalue weighted by atomic mass is 9.74. The third kappa shape index (κ3) is 4.39. The van der Waals surface area contributed by atoms with Crippen molar-refractivity contribution in [3.05, 3.63) is 65.7 Å². The molecule has 6 heteroatoms. The van der Waals surface area contributed by atoms with E-state index in [1.807, 2.05) is 50.2 Å². The molecule has 2 N–H and O–H groups in total. The van der Waals surface area contributed by atoms with Crippen LogP contribution in [0.15, 0.2) is 54.6 Å². The predicted octanol–water partition coefficient (Wildman–Crippen LogP) is 3.06. The third-order valence-electron chi connectivity index (χ3n) is 4.70. The fraction of sp³-hybridized carbons (Fsp3) is 0.333. The van der Waals surface area contributed by atoms with Crippen LogP contribution in [0.1, 0.15) is 25.0 Å². The average molecular weight is 368 g/mol. The van der Waals surface area contributed by atoms with Crippen LogP contribution in [0.3, 0.4) is 0 Å². The summed E-state index contributed by atoms with van der Waals surface area (Å²) >= 11 is 0. The van der Waals surface area contributed by atoms with Crippen molar-refractivity contribution < 1.29 is 19.4 Å². The van der Waals surface area contributed by atoms with Crippen LogP contribution in [0, 0.1) is 5.41 Å². The Morgan fingerprint density at radius 3 is 2.52 bits per heavy atom. The standard InChI is InChI=1S/C21H24N2O4/c1-21(2)14-23(20(26)27-13-15-7-4-3-5-8-15)18(21)19(25)22-12-16-9-6-10-17(24)11-16/h3-11,18,24H,12-14H2,1-2H3,(H,22,25). The lowest BCUT2D eigenvalue weighted by molar-refractivity contribution is -0.141. The van der Waals surface area contributed by atoms with E-state index in [9.17, 15) is 14.7 Å². The van der Waals surface area contributed by atoms with Crippen molar-refractivity contribution >= 4 is 12.0 Å². The molecule has 2 aromatic rings. The molecule has 1 fully saturated rings. The second-order valence-corrected chi connectivity index (χ2v) is 7.45. The highest BCUT2D eigenvalue weighted by molar-refractivity contribution is 5.88. The molecule has 1 saturated heterocycles. The molecule has 0 radical (unpaired) electrons. The molecule has 1 aliphatic heterocycles. The summed E-state index contributed by atoms with van der Waals surface area (Å²) in [5.74, 6) is -0.0805. The second kappa shape index (κ2) is 7.70. The van der Waals surface area contributed by atoms with Crippen molar-refractivity contribution in [3.8, 4) is 5.75 Å². The Balaban J connectivity index is 1.58. The van der Waals surface area contributed by atoms with E-state index in [0.29, 0.717) is 6.54 Å². The first kappa shape index (κ1) is 18.8. The van der Waals surface area contributed by atoms with E-state index in [1.54, 1.807) is 18.2 Å². The molecule has 2 aromatic carbocycles. The Kier molecular flexibility index (Phi) is 5.35. The van der Waals surface area contributed by atoms with Gasteiger partial charge in [-0.1, -0.05) is 56.3 Å². The minimum Gasteiger partial charge on any atom is -0.508 e. The van der Waals surface area contributed by atoms with E-state index in [1.165, 1.54) is 4.90 Å². The number of carbonyl (C=O) groups is 2. The maximum absolute atomic E-state index is 12.7. The molecule has 27 heavy (non-hydrogen) atoms. The largest absolute Gasteiger partial charge is 0.508 e. The van der Waals surface area contributed by atoms with Gasteiger partial charge in [0, 0.05) is 18.5 Å². The Hall–Kier alpha value is -3.02. The van der Waals surface area contributed by atoms with Crippen molar-refractivity contribution in [3.63, 3.8) is 0 Å². The zero-order valence-corrected chi connectivity index (χ0v) is 15.5. The number of nitrogens with zero attached hydrogens (tertiary/aromatic N) is 1. The fourth-order valence-corrected chi connectivity index (χ4v) is 3.35. The number of phenolic OH excluding ortho intramolecular Hbond substituents is 1. The van der Waals surface area contributed by atoms with Gasteiger partial charge in [-0.2, -0.15) is 0 Å². The topological polar surface area (TPSA) is 78.9 Å². The molecule has 1 heterocycles. The number of phenols is 1. The molecule has 142 valence electrons. The monoisotopic (exact) mass is 368 g/mol. The van der Waals surface area contributed by atoms with E-state index < -0.39 is 12.1 Å². The summed E-state index contributed by atoms with van der Waals surface area (Å²) in [4.78, 5) is 26.5. The van der Waals surface area contributed by atoms with Gasteiger partial charge in [0.05, 0.1) is 0 Å². The van der Waals surface area contributed by atoms with Gasteiger partial charge in [-0.05, 0) is 23.3 Å². The average Bonchev–Trinajstić information content (AvgIpc) is 2.63. The van der Waals surface area contributed by atoms with Crippen LogP contribution >= 0.6 is 0 Å². The van der Waals surface area contributed by atoms with E-state index in [4.69, 9.17) is 4.74 Å². The molecule has 3 rings (SSSR count). The van der Waals surface area contributed by atoms with Crippen LogP contribution in [0.5, 0.6) is 5.75 Å². The molecule has 0 spiro atoms. The van der Waals surface area contributed by atoms with Gasteiger partial charge in [0.1, 0.15) is 18.4 Å². The number of ether oxygens (including phenoxy) is 1. The van der Waals surface area contributed by atoms with E-state index >= 15 is 0 Å². The Morgan fingerprint density at radius 2 is 1.85 bits per heavy atom. The Morgan fingerprint density at radius 1 is 1.15 bits per heavy atom. The molecule has 2 amide bonds. The van der Waals surface area contributed by atoms with Crippen molar-refractivity contribution in [1.82, 2.24) is 10.2 Å². The minimum absolute atomic E-state index is 0.150.